The van der Waals surface area contributed by atoms with Gasteiger partial charge in [-0.05, 0) is 12.1 Å². The number of anilines is 2. The van der Waals surface area contributed by atoms with E-state index in [0.29, 0.717) is 31.1 Å². The Morgan fingerprint density at radius 3 is 3.05 bits per heavy atom. The van der Waals surface area contributed by atoms with E-state index in [1.54, 1.807) is 25.2 Å². The van der Waals surface area contributed by atoms with Crippen molar-refractivity contribution in [1.29, 1.82) is 0 Å². The summed E-state index contributed by atoms with van der Waals surface area (Å²) < 4.78 is 5.36. The van der Waals surface area contributed by atoms with Gasteiger partial charge in [-0.2, -0.15) is 0 Å². The Labute approximate surface area is 110 Å². The predicted octanol–water partition coefficient (Wildman–Crippen LogP) is 0.834. The summed E-state index contributed by atoms with van der Waals surface area (Å²) in [7, 11) is 1.65. The molecule has 1 saturated heterocycles. The molecule has 1 aliphatic heterocycles. The van der Waals surface area contributed by atoms with Crippen LogP contribution in [0.25, 0.3) is 0 Å². The van der Waals surface area contributed by atoms with Crippen LogP contribution >= 0.6 is 0 Å². The zero-order chi connectivity index (χ0) is 13.8. The molecule has 0 radical (unpaired) electrons. The van der Waals surface area contributed by atoms with Crippen molar-refractivity contribution in [2.24, 2.45) is 0 Å². The molecule has 1 aromatic rings. The summed E-state index contributed by atoms with van der Waals surface area (Å²) in [4.78, 5) is 12.7. The minimum absolute atomic E-state index is 0.0589. The van der Waals surface area contributed by atoms with Crippen LogP contribution in [0.2, 0.25) is 0 Å². The van der Waals surface area contributed by atoms with Gasteiger partial charge < -0.3 is 20.1 Å². The first-order chi connectivity index (χ1) is 9.17. The van der Waals surface area contributed by atoms with E-state index in [9.17, 15) is 10.1 Å². The molecule has 0 saturated carbocycles. The van der Waals surface area contributed by atoms with E-state index >= 15 is 0 Å². The van der Waals surface area contributed by atoms with Crippen molar-refractivity contribution in [3.63, 3.8) is 0 Å². The van der Waals surface area contributed by atoms with Crippen molar-refractivity contribution in [3.8, 4) is 0 Å². The van der Waals surface area contributed by atoms with Crippen LogP contribution in [0, 0.1) is 10.1 Å². The molecule has 19 heavy (non-hydrogen) atoms. The molecule has 7 nitrogen and oxygen atoms in total. The highest BCUT2D eigenvalue weighted by Gasteiger charge is 2.27. The maximum absolute atomic E-state index is 11.3. The minimum atomic E-state index is -0.384. The Kier molecular flexibility index (Phi) is 4.18. The number of benzene rings is 1. The minimum Gasteiger partial charge on any atom is -0.394 e. The topological polar surface area (TPSA) is 87.9 Å². The third-order valence-electron chi connectivity index (χ3n) is 3.15. The molecule has 104 valence electrons. The number of hydrogen-bond acceptors (Lipinski definition) is 6. The molecule has 1 unspecified atom stereocenters. The van der Waals surface area contributed by atoms with Gasteiger partial charge in [0.2, 0.25) is 0 Å². The van der Waals surface area contributed by atoms with E-state index in [1.807, 2.05) is 4.90 Å². The third-order valence-corrected chi connectivity index (χ3v) is 3.15. The van der Waals surface area contributed by atoms with Gasteiger partial charge in [-0.1, -0.05) is 6.07 Å². The van der Waals surface area contributed by atoms with Crippen LogP contribution in [0.3, 0.4) is 0 Å². The monoisotopic (exact) mass is 267 g/mol. The molecule has 1 aromatic carbocycles. The molecule has 1 heterocycles. The zero-order valence-electron chi connectivity index (χ0n) is 10.7. The number of aliphatic hydroxyl groups is 1. The number of nitrogens with one attached hydrogen (secondary N) is 1. The largest absolute Gasteiger partial charge is 0.394 e. The highest BCUT2D eigenvalue weighted by molar-refractivity contribution is 5.77. The number of aliphatic hydroxyl groups excluding tert-OH is 1. The fourth-order valence-electron chi connectivity index (χ4n) is 2.23. The van der Waals surface area contributed by atoms with Crippen LogP contribution < -0.4 is 10.2 Å². The number of nitro benzene ring substituents is 1. The quantitative estimate of drug-likeness (QED) is 0.620. The Morgan fingerprint density at radius 2 is 2.42 bits per heavy atom. The summed E-state index contributed by atoms with van der Waals surface area (Å²) in [6.07, 6.45) is -0.299. The first-order valence-electron chi connectivity index (χ1n) is 6.10. The SMILES string of the molecule is CNc1cccc(N2CCOC(CO)C2)c1[N+](=O)[O-]. The van der Waals surface area contributed by atoms with E-state index < -0.39 is 0 Å². The summed E-state index contributed by atoms with van der Waals surface area (Å²) in [5.41, 5.74) is 1.09. The molecule has 1 aliphatic rings. The lowest BCUT2D eigenvalue weighted by Crippen LogP contribution is -2.44. The van der Waals surface area contributed by atoms with Crippen LogP contribution in [0.4, 0.5) is 17.1 Å². The molecule has 0 aromatic heterocycles. The maximum Gasteiger partial charge on any atom is 0.315 e. The van der Waals surface area contributed by atoms with Gasteiger partial charge in [-0.3, -0.25) is 10.1 Å². The molecule has 2 rings (SSSR count). The van der Waals surface area contributed by atoms with Gasteiger partial charge in [0.15, 0.2) is 0 Å². The molecule has 1 atom stereocenters. The summed E-state index contributed by atoms with van der Waals surface area (Å²) in [5.74, 6) is 0. The van der Waals surface area contributed by atoms with Crippen molar-refractivity contribution in [2.45, 2.75) is 6.10 Å². The highest BCUT2D eigenvalue weighted by Crippen LogP contribution is 2.35. The van der Waals surface area contributed by atoms with Gasteiger partial charge in [-0.15, -0.1) is 0 Å². The fourth-order valence-corrected chi connectivity index (χ4v) is 2.23. The van der Waals surface area contributed by atoms with Crippen molar-refractivity contribution >= 4 is 17.1 Å². The van der Waals surface area contributed by atoms with Crippen LogP contribution in [0.1, 0.15) is 0 Å². The van der Waals surface area contributed by atoms with E-state index in [0.717, 1.165) is 0 Å². The zero-order valence-corrected chi connectivity index (χ0v) is 10.7. The first kappa shape index (κ1) is 13.6. The van der Waals surface area contributed by atoms with Gasteiger partial charge >= 0.3 is 5.69 Å². The van der Waals surface area contributed by atoms with Crippen molar-refractivity contribution in [2.75, 3.05) is 43.6 Å². The smallest absolute Gasteiger partial charge is 0.315 e. The second kappa shape index (κ2) is 5.85. The maximum atomic E-state index is 11.3. The van der Waals surface area contributed by atoms with Crippen LogP contribution in [-0.4, -0.2) is 49.5 Å². The normalized spacial score (nSPS) is 19.3. The molecular formula is C12H17N3O4. The third kappa shape index (κ3) is 2.77. The van der Waals surface area contributed by atoms with Crippen LogP contribution in [0.5, 0.6) is 0 Å². The van der Waals surface area contributed by atoms with Crippen molar-refractivity contribution in [3.05, 3.63) is 28.3 Å². The van der Waals surface area contributed by atoms with Crippen LogP contribution in [0.15, 0.2) is 18.2 Å². The Bertz CT molecular complexity index is 466. The molecule has 0 amide bonds. The average Bonchev–Trinajstić information content (AvgIpc) is 2.46. The molecule has 2 N–H and O–H groups in total. The second-order valence-electron chi connectivity index (χ2n) is 4.30. The van der Waals surface area contributed by atoms with E-state index in [1.165, 1.54) is 0 Å². The van der Waals surface area contributed by atoms with Gasteiger partial charge in [-0.25, -0.2) is 0 Å². The lowest BCUT2D eigenvalue weighted by atomic mass is 10.2. The number of ether oxygens (including phenoxy) is 1. The van der Waals surface area contributed by atoms with Crippen molar-refractivity contribution < 1.29 is 14.8 Å². The number of hydrogen-bond donors (Lipinski definition) is 2. The fraction of sp³-hybridized carbons (Fsp3) is 0.500. The van der Waals surface area contributed by atoms with E-state index in [4.69, 9.17) is 9.84 Å². The molecule has 0 bridgehead atoms. The van der Waals surface area contributed by atoms with Gasteiger partial charge in [0.05, 0.1) is 24.2 Å². The Balaban J connectivity index is 2.35. The average molecular weight is 267 g/mol. The lowest BCUT2D eigenvalue weighted by molar-refractivity contribution is -0.383. The lowest BCUT2D eigenvalue weighted by Gasteiger charge is -2.33. The van der Waals surface area contributed by atoms with Gasteiger partial charge in [0.1, 0.15) is 11.4 Å². The Hall–Kier alpha value is -1.86. The Morgan fingerprint density at radius 1 is 1.63 bits per heavy atom. The predicted molar refractivity (Wildman–Crippen MR) is 71.7 cm³/mol. The number of nitrogens with zero attached hydrogens (tertiary/aromatic N) is 2. The molecular weight excluding hydrogens is 250 g/mol. The summed E-state index contributed by atoms with van der Waals surface area (Å²) in [6, 6.07) is 5.17. The van der Waals surface area contributed by atoms with Gasteiger partial charge in [0, 0.05) is 20.1 Å². The highest BCUT2D eigenvalue weighted by atomic mass is 16.6. The summed E-state index contributed by atoms with van der Waals surface area (Å²) >= 11 is 0. The standard InChI is InChI=1S/C12H17N3O4/c1-13-10-3-2-4-11(12(10)15(17)18)14-5-6-19-9(7-14)8-16/h2-4,9,13,16H,5-8H2,1H3. The molecule has 1 fully saturated rings. The first-order valence-corrected chi connectivity index (χ1v) is 6.10. The summed E-state index contributed by atoms with van der Waals surface area (Å²) in [6.45, 7) is 1.39. The molecule has 0 spiro atoms. The van der Waals surface area contributed by atoms with Gasteiger partial charge in [0.25, 0.3) is 0 Å². The van der Waals surface area contributed by atoms with E-state index in [-0.39, 0.29) is 23.3 Å². The van der Waals surface area contributed by atoms with Crippen molar-refractivity contribution in [1.82, 2.24) is 0 Å². The van der Waals surface area contributed by atoms with E-state index in [2.05, 4.69) is 5.32 Å². The number of morpholine rings is 1. The van der Waals surface area contributed by atoms with Crippen LogP contribution in [-0.2, 0) is 4.74 Å². The second-order valence-corrected chi connectivity index (χ2v) is 4.30. The number of rotatable bonds is 4. The molecule has 7 heteroatoms. The molecule has 0 aliphatic carbocycles. The summed E-state index contributed by atoms with van der Waals surface area (Å²) in [5, 5.41) is 23.2. The number of para-hydroxylation sites is 1. The number of nitro groups is 1.